The summed E-state index contributed by atoms with van der Waals surface area (Å²) in [6.45, 7) is 4.49. The van der Waals surface area contributed by atoms with Crippen molar-refractivity contribution < 1.29 is 10.0 Å². The number of pyridine rings is 1. The summed E-state index contributed by atoms with van der Waals surface area (Å²) >= 11 is 0. The van der Waals surface area contributed by atoms with Crippen molar-refractivity contribution in [3.05, 3.63) is 40.1 Å². The van der Waals surface area contributed by atoms with Crippen LogP contribution in [0.3, 0.4) is 0 Å². The highest BCUT2D eigenvalue weighted by Gasteiger charge is 2.11. The number of hydrogen-bond acceptors (Lipinski definition) is 5. The fraction of sp³-hybridized carbons (Fsp3) is 0.357. The number of non-ortho nitro benzene ring substituents is 1. The second-order valence-corrected chi connectivity index (χ2v) is 4.94. The van der Waals surface area contributed by atoms with Gasteiger partial charge in [-0.25, -0.2) is 0 Å². The van der Waals surface area contributed by atoms with Gasteiger partial charge < -0.3 is 10.4 Å². The van der Waals surface area contributed by atoms with Gasteiger partial charge in [-0.05, 0) is 25.0 Å². The van der Waals surface area contributed by atoms with Gasteiger partial charge in [0.2, 0.25) is 0 Å². The Kier molecular flexibility index (Phi) is 4.14. The SMILES string of the molecule is Cc1cc(NC[C@@H](C)CO)c2cc([N+](=O)[O-])ccc2n1. The average molecular weight is 275 g/mol. The lowest BCUT2D eigenvalue weighted by molar-refractivity contribution is -0.384. The van der Waals surface area contributed by atoms with Gasteiger partial charge in [0.1, 0.15) is 0 Å². The maximum atomic E-state index is 10.9. The number of aryl methyl sites for hydroxylation is 1. The van der Waals surface area contributed by atoms with Gasteiger partial charge in [-0.2, -0.15) is 0 Å². The molecule has 6 heteroatoms. The Labute approximate surface area is 116 Å². The molecule has 20 heavy (non-hydrogen) atoms. The van der Waals surface area contributed by atoms with Gasteiger partial charge in [-0.15, -0.1) is 0 Å². The summed E-state index contributed by atoms with van der Waals surface area (Å²) in [5, 5.41) is 23.9. The van der Waals surface area contributed by atoms with Crippen LogP contribution in [0.2, 0.25) is 0 Å². The predicted molar refractivity (Wildman–Crippen MR) is 77.9 cm³/mol. The van der Waals surface area contributed by atoms with Crippen molar-refractivity contribution in [1.82, 2.24) is 4.98 Å². The number of hydrogen-bond donors (Lipinski definition) is 2. The van der Waals surface area contributed by atoms with Crippen LogP contribution in [0.25, 0.3) is 10.9 Å². The molecule has 0 aliphatic carbocycles. The molecule has 0 bridgehead atoms. The molecule has 0 spiro atoms. The standard InChI is InChI=1S/C14H17N3O3/c1-9(8-18)7-15-14-5-10(2)16-13-4-3-11(17(19)20)6-12(13)14/h3-6,9,18H,7-8H2,1-2H3,(H,15,16)/t9-/m1/s1. The van der Waals surface area contributed by atoms with Crippen molar-refractivity contribution in [2.75, 3.05) is 18.5 Å². The number of nitro benzene ring substituents is 1. The second-order valence-electron chi connectivity index (χ2n) is 4.94. The molecule has 2 N–H and O–H groups in total. The molecule has 0 radical (unpaired) electrons. The van der Waals surface area contributed by atoms with E-state index in [1.165, 1.54) is 12.1 Å². The highest BCUT2D eigenvalue weighted by molar-refractivity contribution is 5.93. The zero-order chi connectivity index (χ0) is 14.7. The van der Waals surface area contributed by atoms with Gasteiger partial charge in [0, 0.05) is 42.1 Å². The molecule has 0 fully saturated rings. The van der Waals surface area contributed by atoms with Crippen LogP contribution in [-0.2, 0) is 0 Å². The predicted octanol–water partition coefficient (Wildman–Crippen LogP) is 2.49. The first-order chi connectivity index (χ1) is 9.51. The highest BCUT2D eigenvalue weighted by atomic mass is 16.6. The summed E-state index contributed by atoms with van der Waals surface area (Å²) < 4.78 is 0. The number of nitrogens with one attached hydrogen (secondary N) is 1. The number of aliphatic hydroxyl groups is 1. The molecule has 1 atom stereocenters. The maximum absolute atomic E-state index is 10.9. The number of anilines is 1. The van der Waals surface area contributed by atoms with Gasteiger partial charge in [0.15, 0.2) is 0 Å². The van der Waals surface area contributed by atoms with Crippen LogP contribution >= 0.6 is 0 Å². The summed E-state index contributed by atoms with van der Waals surface area (Å²) in [7, 11) is 0. The molecule has 1 aromatic carbocycles. The normalized spacial score (nSPS) is 12.3. The van der Waals surface area contributed by atoms with Crippen LogP contribution in [0.15, 0.2) is 24.3 Å². The molecular formula is C14H17N3O3. The molecule has 1 aromatic heterocycles. The zero-order valence-electron chi connectivity index (χ0n) is 11.5. The Balaban J connectivity index is 2.44. The molecular weight excluding hydrogens is 258 g/mol. The van der Waals surface area contributed by atoms with Crippen LogP contribution in [0.4, 0.5) is 11.4 Å². The lowest BCUT2D eigenvalue weighted by atomic mass is 10.1. The van der Waals surface area contributed by atoms with E-state index in [9.17, 15) is 10.1 Å². The summed E-state index contributed by atoms with van der Waals surface area (Å²) in [6, 6.07) is 6.49. The van der Waals surface area contributed by atoms with E-state index in [-0.39, 0.29) is 18.2 Å². The van der Waals surface area contributed by atoms with E-state index < -0.39 is 4.92 Å². The third-order valence-corrected chi connectivity index (χ3v) is 3.08. The van der Waals surface area contributed by atoms with E-state index in [0.29, 0.717) is 6.54 Å². The second kappa shape index (κ2) is 5.83. The Morgan fingerprint density at radius 3 is 2.85 bits per heavy atom. The molecule has 0 saturated heterocycles. The number of benzene rings is 1. The van der Waals surface area contributed by atoms with E-state index >= 15 is 0 Å². The van der Waals surface area contributed by atoms with Crippen LogP contribution in [0.1, 0.15) is 12.6 Å². The third-order valence-electron chi connectivity index (χ3n) is 3.08. The minimum Gasteiger partial charge on any atom is -0.396 e. The Morgan fingerprint density at radius 1 is 1.45 bits per heavy atom. The molecule has 0 saturated carbocycles. The first kappa shape index (κ1) is 14.2. The van der Waals surface area contributed by atoms with Gasteiger partial charge in [0.05, 0.1) is 10.4 Å². The van der Waals surface area contributed by atoms with E-state index in [1.54, 1.807) is 6.07 Å². The largest absolute Gasteiger partial charge is 0.396 e. The summed E-state index contributed by atoms with van der Waals surface area (Å²) in [4.78, 5) is 14.8. The summed E-state index contributed by atoms with van der Waals surface area (Å²) in [5.74, 6) is 0.109. The average Bonchev–Trinajstić information content (AvgIpc) is 2.43. The molecule has 2 aromatic rings. The first-order valence-corrected chi connectivity index (χ1v) is 6.41. The van der Waals surface area contributed by atoms with Crippen molar-refractivity contribution >= 4 is 22.3 Å². The molecule has 0 amide bonds. The molecule has 1 heterocycles. The minimum absolute atomic E-state index is 0.0430. The molecule has 2 rings (SSSR count). The number of nitro groups is 1. The summed E-state index contributed by atoms with van der Waals surface area (Å²) in [5.41, 5.74) is 2.40. The number of nitrogens with zero attached hydrogens (tertiary/aromatic N) is 2. The quantitative estimate of drug-likeness (QED) is 0.646. The number of aromatic nitrogens is 1. The van der Waals surface area contributed by atoms with Crippen LogP contribution in [0.5, 0.6) is 0 Å². The van der Waals surface area contributed by atoms with Gasteiger partial charge >= 0.3 is 0 Å². The zero-order valence-corrected chi connectivity index (χ0v) is 11.5. The van der Waals surface area contributed by atoms with E-state index in [1.807, 2.05) is 19.9 Å². The highest BCUT2D eigenvalue weighted by Crippen LogP contribution is 2.27. The van der Waals surface area contributed by atoms with E-state index in [0.717, 1.165) is 22.3 Å². The molecule has 0 aliphatic heterocycles. The fourth-order valence-electron chi connectivity index (χ4n) is 1.95. The number of rotatable bonds is 5. The van der Waals surface area contributed by atoms with E-state index in [2.05, 4.69) is 10.3 Å². The van der Waals surface area contributed by atoms with E-state index in [4.69, 9.17) is 5.11 Å². The smallest absolute Gasteiger partial charge is 0.270 e. The first-order valence-electron chi connectivity index (χ1n) is 6.41. The van der Waals surface area contributed by atoms with Crippen LogP contribution < -0.4 is 5.32 Å². The monoisotopic (exact) mass is 275 g/mol. The number of aliphatic hydroxyl groups excluding tert-OH is 1. The topological polar surface area (TPSA) is 88.3 Å². The Morgan fingerprint density at radius 2 is 2.20 bits per heavy atom. The fourth-order valence-corrected chi connectivity index (χ4v) is 1.95. The van der Waals surface area contributed by atoms with Crippen molar-refractivity contribution in [3.8, 4) is 0 Å². The van der Waals surface area contributed by atoms with Crippen molar-refractivity contribution in [3.63, 3.8) is 0 Å². The lowest BCUT2D eigenvalue weighted by Crippen LogP contribution is -2.14. The Bertz CT molecular complexity index is 643. The van der Waals surface area contributed by atoms with Crippen LogP contribution in [-0.4, -0.2) is 28.2 Å². The molecule has 106 valence electrons. The molecule has 0 aliphatic rings. The summed E-state index contributed by atoms with van der Waals surface area (Å²) in [6.07, 6.45) is 0. The maximum Gasteiger partial charge on any atom is 0.270 e. The van der Waals surface area contributed by atoms with Crippen molar-refractivity contribution in [2.45, 2.75) is 13.8 Å². The van der Waals surface area contributed by atoms with Gasteiger partial charge in [0.25, 0.3) is 5.69 Å². The van der Waals surface area contributed by atoms with Crippen LogP contribution in [0, 0.1) is 23.0 Å². The molecule has 6 nitrogen and oxygen atoms in total. The van der Waals surface area contributed by atoms with Crippen molar-refractivity contribution in [1.29, 1.82) is 0 Å². The number of fused-ring (bicyclic) bond motifs is 1. The van der Waals surface area contributed by atoms with Crippen molar-refractivity contribution in [2.24, 2.45) is 5.92 Å². The van der Waals surface area contributed by atoms with Gasteiger partial charge in [-0.1, -0.05) is 6.92 Å². The molecule has 0 unspecified atom stereocenters. The minimum atomic E-state index is -0.417. The lowest BCUT2D eigenvalue weighted by Gasteiger charge is -2.13. The Hall–Kier alpha value is -2.21. The third kappa shape index (κ3) is 3.03. The van der Waals surface area contributed by atoms with Gasteiger partial charge in [-0.3, -0.25) is 15.1 Å².